The molecule has 0 unspecified atom stereocenters. The molecule has 3 aromatic heterocycles. The molecule has 3 aliphatic rings. The SMILES string of the molecule is c1ccc(-c2cc(-c3ccc(-c4nc(-c5ccccc5)nc(-c5ccccc5)n4)cc3)cc(-c3cccc4c3Cc3ccccc3-4)c2)cc1.c1ccc(-c2cc(-c3ccc4c(c3)Cc3ccccc3-4)cc(-c3nc(-c4ccccc4)nc(-c4ccccc4)n3)c2)cc1.c1ccc(-c2cc(-c3cccc(-c4cccc5c4Cc4ccccc4-5)c3)cc(-c3nc(-c4ccccc4)nc(-c4ccccc4)n3)c2)cc1. The Morgan fingerprint density at radius 1 is 0.0993 bits per heavy atom. The van der Waals surface area contributed by atoms with Crippen molar-refractivity contribution in [3.8, 4) is 225 Å². The molecule has 26 rings (SSSR count). The van der Waals surface area contributed by atoms with Crippen molar-refractivity contribution in [3.63, 3.8) is 0 Å². The first-order valence-corrected chi connectivity index (χ1v) is 47.9. The van der Waals surface area contributed by atoms with Crippen molar-refractivity contribution in [1.82, 2.24) is 44.9 Å². The summed E-state index contributed by atoms with van der Waals surface area (Å²) in [4.78, 5) is 44.8. The number of fused-ring (bicyclic) bond motifs is 9. The summed E-state index contributed by atoms with van der Waals surface area (Å²) in [5.41, 5.74) is 43.8. The van der Waals surface area contributed by atoms with Crippen LogP contribution in [0.1, 0.15) is 33.4 Å². The second-order valence-electron chi connectivity index (χ2n) is 35.8. The highest BCUT2D eigenvalue weighted by Crippen LogP contribution is 2.48. The van der Waals surface area contributed by atoms with Crippen LogP contribution < -0.4 is 0 Å². The normalized spacial score (nSPS) is 11.6. The van der Waals surface area contributed by atoms with E-state index in [0.717, 1.165) is 114 Å². The van der Waals surface area contributed by atoms with Gasteiger partial charge in [-0.1, -0.05) is 443 Å². The van der Waals surface area contributed by atoms with Gasteiger partial charge in [0.2, 0.25) is 0 Å². The topological polar surface area (TPSA) is 116 Å². The zero-order valence-electron chi connectivity index (χ0n) is 77.1. The second kappa shape index (κ2) is 38.3. The average Bonchev–Trinajstić information content (AvgIpc) is 1.63. The van der Waals surface area contributed by atoms with E-state index in [4.69, 9.17) is 44.9 Å². The molecule has 0 saturated carbocycles. The smallest absolute Gasteiger partial charge is 0.164 e. The zero-order valence-corrected chi connectivity index (χ0v) is 77.1. The molecule has 0 amide bonds. The van der Waals surface area contributed by atoms with Gasteiger partial charge < -0.3 is 0 Å². The lowest BCUT2D eigenvalue weighted by Gasteiger charge is -2.14. The highest BCUT2D eigenvalue weighted by atomic mass is 15.1. The van der Waals surface area contributed by atoms with Crippen molar-refractivity contribution in [1.29, 1.82) is 0 Å². The van der Waals surface area contributed by atoms with Crippen LogP contribution in [-0.4, -0.2) is 44.9 Å². The molecule has 0 aliphatic heterocycles. The van der Waals surface area contributed by atoms with Crippen LogP contribution >= 0.6 is 0 Å². The summed E-state index contributed by atoms with van der Waals surface area (Å²) in [5.74, 6) is 5.88. The van der Waals surface area contributed by atoms with E-state index in [2.05, 4.69) is 322 Å². The van der Waals surface area contributed by atoms with Crippen LogP contribution in [0.25, 0.3) is 225 Å². The first-order chi connectivity index (χ1) is 69.8. The summed E-state index contributed by atoms with van der Waals surface area (Å²) in [7, 11) is 0. The third-order valence-corrected chi connectivity index (χ3v) is 26.9. The first kappa shape index (κ1) is 85.4. The average molecular weight is 1800 g/mol. The van der Waals surface area contributed by atoms with E-state index in [0.29, 0.717) is 52.4 Å². The minimum atomic E-state index is 0.640. The predicted octanol–water partition coefficient (Wildman–Crippen LogP) is 32.7. The summed E-state index contributed by atoms with van der Waals surface area (Å²) < 4.78 is 0. The third kappa shape index (κ3) is 17.9. The van der Waals surface area contributed by atoms with Gasteiger partial charge in [0.25, 0.3) is 0 Å². The molecule has 9 nitrogen and oxygen atoms in total. The maximum Gasteiger partial charge on any atom is 0.164 e. The lowest BCUT2D eigenvalue weighted by molar-refractivity contribution is 1.07. The molecule has 662 valence electrons. The molecule has 0 N–H and O–H groups in total. The van der Waals surface area contributed by atoms with Crippen molar-refractivity contribution in [3.05, 3.63) is 537 Å². The fourth-order valence-electron chi connectivity index (χ4n) is 19.9. The van der Waals surface area contributed by atoms with Gasteiger partial charge >= 0.3 is 0 Å². The lowest BCUT2D eigenvalue weighted by Crippen LogP contribution is -2.00. The monoisotopic (exact) mass is 1800 g/mol. The minimum Gasteiger partial charge on any atom is -0.208 e. The Morgan fingerprint density at radius 2 is 0.291 bits per heavy atom. The third-order valence-electron chi connectivity index (χ3n) is 26.9. The van der Waals surface area contributed by atoms with Crippen LogP contribution in [0.3, 0.4) is 0 Å². The van der Waals surface area contributed by atoms with Crippen LogP contribution in [0.15, 0.2) is 504 Å². The van der Waals surface area contributed by atoms with Crippen molar-refractivity contribution < 1.29 is 0 Å². The molecule has 0 bridgehead atoms. The van der Waals surface area contributed by atoms with E-state index >= 15 is 0 Å². The zero-order chi connectivity index (χ0) is 93.7. The first-order valence-electron chi connectivity index (χ1n) is 47.9. The molecule has 3 aliphatic carbocycles. The number of rotatable bonds is 17. The fraction of sp³-hybridized carbons (Fsp3) is 0.0227. The Bertz CT molecular complexity index is 8390. The van der Waals surface area contributed by atoms with E-state index in [1.165, 1.54) is 111 Å². The van der Waals surface area contributed by atoms with Gasteiger partial charge in [-0.2, -0.15) is 0 Å². The van der Waals surface area contributed by atoms with E-state index in [9.17, 15) is 0 Å². The molecule has 0 atom stereocenters. The van der Waals surface area contributed by atoms with Crippen molar-refractivity contribution in [2.75, 3.05) is 0 Å². The molecule has 141 heavy (non-hydrogen) atoms. The van der Waals surface area contributed by atoms with Gasteiger partial charge in [-0.15, -0.1) is 0 Å². The summed E-state index contributed by atoms with van der Waals surface area (Å²) in [6.07, 6.45) is 2.86. The number of benzene rings is 20. The molecule has 20 aromatic carbocycles. The van der Waals surface area contributed by atoms with E-state index < -0.39 is 0 Å². The van der Waals surface area contributed by atoms with Gasteiger partial charge in [0.05, 0.1) is 0 Å². The summed E-state index contributed by atoms with van der Waals surface area (Å²) >= 11 is 0. The molecule has 0 spiro atoms. The van der Waals surface area contributed by atoms with Gasteiger partial charge in [-0.25, -0.2) is 44.9 Å². The predicted molar refractivity (Wildman–Crippen MR) is 577 cm³/mol. The van der Waals surface area contributed by atoms with Crippen LogP contribution in [0.5, 0.6) is 0 Å². The molecule has 0 fully saturated rings. The Balaban J connectivity index is 0.000000115. The maximum absolute atomic E-state index is 5.07. The quantitative estimate of drug-likeness (QED) is 0.0879. The van der Waals surface area contributed by atoms with E-state index in [-0.39, 0.29) is 0 Å². The highest BCUT2D eigenvalue weighted by molar-refractivity contribution is 5.92. The van der Waals surface area contributed by atoms with Crippen LogP contribution in [0.4, 0.5) is 0 Å². The van der Waals surface area contributed by atoms with E-state index in [1.54, 1.807) is 0 Å². The summed E-state index contributed by atoms with van der Waals surface area (Å²) in [5, 5.41) is 0. The summed E-state index contributed by atoms with van der Waals surface area (Å²) in [6.45, 7) is 0. The maximum atomic E-state index is 5.07. The van der Waals surface area contributed by atoms with Crippen LogP contribution in [-0.2, 0) is 19.3 Å². The van der Waals surface area contributed by atoms with Gasteiger partial charge in [0.1, 0.15) is 0 Å². The Morgan fingerprint density at radius 3 is 0.638 bits per heavy atom. The standard InChI is InChI=1S/2C46H31N3.C40H27N3/c1-4-14-31(15-5-1)37-27-38(34-21-12-22-35(26-34)41-24-13-25-42-40-23-11-10-20-36(40)30-43(41)42)29-39(28-37)46-48-44(32-16-6-2-7-17-32)47-45(49-46)33-18-8-3-9-19-33;1-4-13-31(14-5-1)37-27-38(29-39(28-37)41-21-12-22-42-40-20-11-10-19-36(40)30-43(41)42)32-23-25-35(26-24-32)46-48-44(33-15-6-2-7-16-33)47-45(49-46)34-17-8-3-9-18-34;1-4-12-27(13-5-1)32-24-33(30-20-21-37-34(22-30)23-31-18-10-11-19-36(31)37)26-35(25-32)40-42-38(28-14-6-2-7-15-28)41-39(43-40)29-16-8-3-9-17-29/h2*1-29H,30H2;1-22,24-26H,23H2. The molecular formula is C132H89N9. The van der Waals surface area contributed by atoms with Gasteiger partial charge in [0, 0.05) is 50.1 Å². The number of hydrogen-bond acceptors (Lipinski definition) is 9. The number of nitrogens with zero attached hydrogens (tertiary/aromatic N) is 9. The largest absolute Gasteiger partial charge is 0.208 e. The van der Waals surface area contributed by atoms with Crippen LogP contribution in [0.2, 0.25) is 0 Å². The molecule has 23 aromatic rings. The molecule has 0 saturated heterocycles. The number of hydrogen-bond donors (Lipinski definition) is 0. The molecule has 9 heteroatoms. The molecule has 3 heterocycles. The minimum absolute atomic E-state index is 0.640. The molecule has 0 radical (unpaired) electrons. The summed E-state index contributed by atoms with van der Waals surface area (Å²) in [6, 6.07) is 177. The van der Waals surface area contributed by atoms with Crippen molar-refractivity contribution in [2.45, 2.75) is 19.3 Å². The Kier molecular flexibility index (Phi) is 23.2. The van der Waals surface area contributed by atoms with Crippen LogP contribution in [0, 0.1) is 0 Å². The highest BCUT2D eigenvalue weighted by Gasteiger charge is 2.27. The molecular weight excluding hydrogens is 1710 g/mol. The van der Waals surface area contributed by atoms with Gasteiger partial charge in [0.15, 0.2) is 52.4 Å². The number of aromatic nitrogens is 9. The van der Waals surface area contributed by atoms with Gasteiger partial charge in [-0.05, 0) is 236 Å². The Labute approximate surface area is 820 Å². The Hall–Kier alpha value is -18.6. The fourth-order valence-corrected chi connectivity index (χ4v) is 19.9. The van der Waals surface area contributed by atoms with Crippen molar-refractivity contribution in [2.24, 2.45) is 0 Å². The van der Waals surface area contributed by atoms with Gasteiger partial charge in [-0.3, -0.25) is 0 Å². The van der Waals surface area contributed by atoms with Crippen molar-refractivity contribution >= 4 is 0 Å². The van der Waals surface area contributed by atoms with E-state index in [1.807, 2.05) is 182 Å². The second-order valence-corrected chi connectivity index (χ2v) is 35.8. The lowest BCUT2D eigenvalue weighted by atomic mass is 9.90.